The largest absolute Gasteiger partial charge is 0.206 e. The van der Waals surface area contributed by atoms with Crippen LogP contribution in [0.5, 0.6) is 0 Å². The third-order valence-corrected chi connectivity index (χ3v) is 2.69. The monoisotopic (exact) mass is 274 g/mol. The number of rotatable bonds is 0. The predicted molar refractivity (Wildman–Crippen MR) is 66.5 cm³/mol. The number of halogens is 2. The molecule has 0 aliphatic rings. The lowest BCUT2D eigenvalue weighted by Gasteiger charge is -1.94. The van der Waals surface area contributed by atoms with Gasteiger partial charge in [0.15, 0.2) is 0 Å². The number of hydrogen-bond donors (Lipinski definition) is 0. The Morgan fingerprint density at radius 2 is 1.56 bits per heavy atom. The lowest BCUT2D eigenvalue weighted by molar-refractivity contribution is 0.621. The summed E-state index contributed by atoms with van der Waals surface area (Å²) in [7, 11) is 0. The Balaban J connectivity index is 2.28. The van der Waals surface area contributed by atoms with E-state index in [4.69, 9.17) is 0 Å². The van der Waals surface area contributed by atoms with Crippen LogP contribution in [0.2, 0.25) is 0 Å². The summed E-state index contributed by atoms with van der Waals surface area (Å²) in [5.74, 6) is 5.60. The average molecular weight is 275 g/mol. The van der Waals surface area contributed by atoms with Crippen LogP contribution in [-0.2, 0) is 0 Å². The van der Waals surface area contributed by atoms with E-state index in [1.807, 2.05) is 30.3 Å². The summed E-state index contributed by atoms with van der Waals surface area (Å²) in [6.45, 7) is 0. The molecule has 0 radical (unpaired) electrons. The van der Waals surface area contributed by atoms with Gasteiger partial charge in [-0.05, 0) is 46.3 Å². The first-order chi connectivity index (χ1) is 7.75. The summed E-state index contributed by atoms with van der Waals surface area (Å²) in [5, 5.41) is 0. The molecule has 0 spiro atoms. The van der Waals surface area contributed by atoms with E-state index in [-0.39, 0.29) is 5.82 Å². The number of benzene rings is 2. The Labute approximate surface area is 102 Å². The second-order valence-corrected chi connectivity index (χ2v) is 4.10. The molecule has 0 amide bonds. The minimum atomic E-state index is -0.292. The van der Waals surface area contributed by atoms with Crippen molar-refractivity contribution < 1.29 is 4.39 Å². The highest BCUT2D eigenvalue weighted by Gasteiger charge is 1.97. The van der Waals surface area contributed by atoms with Crippen LogP contribution in [0, 0.1) is 17.7 Å². The second-order valence-electron chi connectivity index (χ2n) is 3.24. The van der Waals surface area contributed by atoms with Crippen LogP contribution in [-0.4, -0.2) is 0 Å². The van der Waals surface area contributed by atoms with E-state index >= 15 is 0 Å². The van der Waals surface area contributed by atoms with Crippen molar-refractivity contribution in [2.45, 2.75) is 0 Å². The predicted octanol–water partition coefficient (Wildman–Crippen LogP) is 3.99. The molecule has 2 heteroatoms. The zero-order chi connectivity index (χ0) is 11.4. The van der Waals surface area contributed by atoms with Crippen LogP contribution in [0.3, 0.4) is 0 Å². The Morgan fingerprint density at radius 3 is 2.25 bits per heavy atom. The van der Waals surface area contributed by atoms with E-state index in [2.05, 4.69) is 27.8 Å². The molecule has 0 unspecified atom stereocenters. The Hall–Kier alpha value is -1.59. The van der Waals surface area contributed by atoms with Gasteiger partial charge in [0, 0.05) is 11.1 Å². The highest BCUT2D eigenvalue weighted by molar-refractivity contribution is 9.10. The number of hydrogen-bond acceptors (Lipinski definition) is 0. The van der Waals surface area contributed by atoms with Crippen molar-refractivity contribution in [2.24, 2.45) is 0 Å². The molecule has 0 N–H and O–H groups in total. The van der Waals surface area contributed by atoms with Crippen molar-refractivity contribution >= 4 is 15.9 Å². The van der Waals surface area contributed by atoms with Crippen LogP contribution in [0.1, 0.15) is 11.1 Å². The molecule has 78 valence electrons. The molecule has 0 aromatic heterocycles. The molecule has 0 aliphatic carbocycles. The summed E-state index contributed by atoms with van der Waals surface area (Å²) < 4.78 is 13.6. The van der Waals surface area contributed by atoms with E-state index in [1.165, 1.54) is 6.07 Å². The molecule has 0 nitrogen and oxygen atoms in total. The Kier molecular flexibility index (Phi) is 3.38. The summed E-state index contributed by atoms with van der Waals surface area (Å²) in [5.41, 5.74) is 1.59. The smallest absolute Gasteiger partial charge is 0.138 e. The zero-order valence-electron chi connectivity index (χ0n) is 8.37. The molecule has 0 atom stereocenters. The van der Waals surface area contributed by atoms with Gasteiger partial charge in [0.05, 0.1) is 4.47 Å². The van der Waals surface area contributed by atoms with Crippen molar-refractivity contribution in [3.63, 3.8) is 0 Å². The van der Waals surface area contributed by atoms with E-state index in [0.717, 1.165) is 5.56 Å². The van der Waals surface area contributed by atoms with Crippen LogP contribution < -0.4 is 0 Å². The molecule has 2 aromatic carbocycles. The van der Waals surface area contributed by atoms with Gasteiger partial charge in [-0.1, -0.05) is 30.0 Å². The molecule has 0 heterocycles. The van der Waals surface area contributed by atoms with Crippen molar-refractivity contribution in [1.29, 1.82) is 0 Å². The van der Waals surface area contributed by atoms with Crippen LogP contribution in [0.4, 0.5) is 4.39 Å². The first-order valence-electron chi connectivity index (χ1n) is 4.78. The lowest BCUT2D eigenvalue weighted by Crippen LogP contribution is -1.80. The molecule has 2 rings (SSSR count). The van der Waals surface area contributed by atoms with Gasteiger partial charge in [-0.3, -0.25) is 0 Å². The Bertz CT molecular complexity index is 550. The SMILES string of the molecule is Fc1cc(C#Cc2ccccc2)ccc1Br. The van der Waals surface area contributed by atoms with E-state index in [9.17, 15) is 4.39 Å². The minimum Gasteiger partial charge on any atom is -0.206 e. The fourth-order valence-corrected chi connectivity index (χ4v) is 1.49. The highest BCUT2D eigenvalue weighted by Crippen LogP contribution is 2.15. The summed E-state index contributed by atoms with van der Waals surface area (Å²) in [6, 6.07) is 14.5. The molecule has 16 heavy (non-hydrogen) atoms. The first-order valence-corrected chi connectivity index (χ1v) is 5.57. The molecule has 2 aromatic rings. The van der Waals surface area contributed by atoms with E-state index in [1.54, 1.807) is 12.1 Å². The van der Waals surface area contributed by atoms with Gasteiger partial charge >= 0.3 is 0 Å². The maximum Gasteiger partial charge on any atom is 0.138 e. The van der Waals surface area contributed by atoms with Gasteiger partial charge in [-0.2, -0.15) is 0 Å². The molecular formula is C14H8BrF. The van der Waals surface area contributed by atoms with Gasteiger partial charge in [0.25, 0.3) is 0 Å². The Morgan fingerprint density at radius 1 is 0.875 bits per heavy atom. The first kappa shape index (κ1) is 10.9. The summed E-state index contributed by atoms with van der Waals surface area (Å²) in [6.07, 6.45) is 0. The van der Waals surface area contributed by atoms with Gasteiger partial charge in [0.2, 0.25) is 0 Å². The summed E-state index contributed by atoms with van der Waals surface area (Å²) >= 11 is 3.10. The van der Waals surface area contributed by atoms with Gasteiger partial charge in [0.1, 0.15) is 5.82 Å². The normalized spacial score (nSPS) is 9.38. The minimum absolute atomic E-state index is 0.292. The van der Waals surface area contributed by atoms with Crippen LogP contribution >= 0.6 is 15.9 Å². The molecule has 0 aliphatic heterocycles. The van der Waals surface area contributed by atoms with Crippen molar-refractivity contribution in [3.05, 3.63) is 69.9 Å². The molecular weight excluding hydrogens is 267 g/mol. The van der Waals surface area contributed by atoms with Crippen molar-refractivity contribution in [3.8, 4) is 11.8 Å². The van der Waals surface area contributed by atoms with Gasteiger partial charge in [-0.15, -0.1) is 0 Å². The maximum atomic E-state index is 13.2. The third kappa shape index (κ3) is 2.71. The van der Waals surface area contributed by atoms with Crippen molar-refractivity contribution in [1.82, 2.24) is 0 Å². The molecule has 0 saturated carbocycles. The lowest BCUT2D eigenvalue weighted by atomic mass is 10.2. The highest BCUT2D eigenvalue weighted by atomic mass is 79.9. The fourth-order valence-electron chi connectivity index (χ4n) is 1.24. The second kappa shape index (κ2) is 4.96. The van der Waals surface area contributed by atoms with Crippen LogP contribution in [0.15, 0.2) is 53.0 Å². The molecule has 0 bridgehead atoms. The maximum absolute atomic E-state index is 13.2. The average Bonchev–Trinajstić information content (AvgIpc) is 2.32. The quantitative estimate of drug-likeness (QED) is 0.638. The zero-order valence-corrected chi connectivity index (χ0v) is 9.96. The van der Waals surface area contributed by atoms with E-state index in [0.29, 0.717) is 10.0 Å². The third-order valence-electron chi connectivity index (χ3n) is 2.04. The van der Waals surface area contributed by atoms with Gasteiger partial charge < -0.3 is 0 Å². The fraction of sp³-hybridized carbons (Fsp3) is 0. The van der Waals surface area contributed by atoms with E-state index < -0.39 is 0 Å². The molecule has 0 fully saturated rings. The molecule has 0 saturated heterocycles. The van der Waals surface area contributed by atoms with Crippen molar-refractivity contribution in [2.75, 3.05) is 0 Å². The van der Waals surface area contributed by atoms with Gasteiger partial charge in [-0.25, -0.2) is 4.39 Å². The standard InChI is InChI=1S/C14H8BrF/c15-13-9-8-12(10-14(13)16)7-6-11-4-2-1-3-5-11/h1-5,8-10H. The summed E-state index contributed by atoms with van der Waals surface area (Å²) in [4.78, 5) is 0. The van der Waals surface area contributed by atoms with Crippen LogP contribution in [0.25, 0.3) is 0 Å². The topological polar surface area (TPSA) is 0 Å².